The van der Waals surface area contributed by atoms with Crippen molar-refractivity contribution in [1.82, 2.24) is 0 Å². The molecule has 1 aliphatic rings. The number of hydrogen-bond acceptors (Lipinski definition) is 3. The molecule has 1 saturated carbocycles. The van der Waals surface area contributed by atoms with Crippen LogP contribution in [-0.4, -0.2) is 17.6 Å². The van der Waals surface area contributed by atoms with E-state index in [0.29, 0.717) is 12.8 Å². The molecule has 2 unspecified atom stereocenters. The van der Waals surface area contributed by atoms with E-state index in [0.717, 1.165) is 6.07 Å². The van der Waals surface area contributed by atoms with Crippen molar-refractivity contribution in [2.45, 2.75) is 30.9 Å². The highest BCUT2D eigenvalue weighted by molar-refractivity contribution is 5.84. The van der Waals surface area contributed by atoms with Gasteiger partial charge in [-0.2, -0.15) is 4.39 Å². The quantitative estimate of drug-likeness (QED) is 0.849. The Balaban J connectivity index is 2.08. The van der Waals surface area contributed by atoms with Gasteiger partial charge in [0.1, 0.15) is 6.10 Å². The average Bonchev–Trinajstić information content (AvgIpc) is 2.68. The number of benzene rings is 1. The Kier molecular flexibility index (Phi) is 3.21. The number of primary amides is 1. The molecule has 4 nitrogen and oxygen atoms in total. The zero-order valence-corrected chi connectivity index (χ0v) is 9.66. The summed E-state index contributed by atoms with van der Waals surface area (Å²) in [6.07, 6.45) is 0.635. The molecule has 98 valence electrons. The van der Waals surface area contributed by atoms with Gasteiger partial charge in [-0.1, -0.05) is 6.07 Å². The highest BCUT2D eigenvalue weighted by atomic mass is 19.2. The number of amides is 1. The van der Waals surface area contributed by atoms with Crippen molar-refractivity contribution in [2.24, 2.45) is 11.5 Å². The minimum absolute atomic E-state index is 0.172. The molecule has 0 heterocycles. The van der Waals surface area contributed by atoms with Crippen LogP contribution in [0.3, 0.4) is 0 Å². The fourth-order valence-corrected chi connectivity index (χ4v) is 2.11. The standard InChI is InChI=1S/C12H14F2N2O2/c13-8-2-1-3-9(10(8)14)18-7-4-5-12(16,6-7)11(15)17/h1-3,7H,4-6,16H2,(H2,15,17). The summed E-state index contributed by atoms with van der Waals surface area (Å²) in [7, 11) is 0. The van der Waals surface area contributed by atoms with Gasteiger partial charge in [0.05, 0.1) is 5.54 Å². The van der Waals surface area contributed by atoms with E-state index >= 15 is 0 Å². The third kappa shape index (κ3) is 2.28. The van der Waals surface area contributed by atoms with Gasteiger partial charge < -0.3 is 16.2 Å². The van der Waals surface area contributed by atoms with Gasteiger partial charge in [0.15, 0.2) is 11.6 Å². The summed E-state index contributed by atoms with van der Waals surface area (Å²) in [5, 5.41) is 0. The lowest BCUT2D eigenvalue weighted by Gasteiger charge is -2.20. The molecule has 1 aliphatic carbocycles. The first-order valence-electron chi connectivity index (χ1n) is 5.62. The predicted octanol–water partition coefficient (Wildman–Crippen LogP) is 1.08. The number of ether oxygens (including phenoxy) is 1. The molecule has 0 spiro atoms. The molecule has 1 fully saturated rings. The SMILES string of the molecule is NC(=O)C1(N)CCC(Oc2cccc(F)c2F)C1. The van der Waals surface area contributed by atoms with Crippen molar-refractivity contribution in [3.05, 3.63) is 29.8 Å². The maximum absolute atomic E-state index is 13.4. The Morgan fingerprint density at radius 2 is 2.17 bits per heavy atom. The van der Waals surface area contributed by atoms with E-state index in [9.17, 15) is 13.6 Å². The topological polar surface area (TPSA) is 78.3 Å². The molecule has 0 saturated heterocycles. The molecule has 18 heavy (non-hydrogen) atoms. The summed E-state index contributed by atoms with van der Waals surface area (Å²) in [4.78, 5) is 11.1. The van der Waals surface area contributed by atoms with Crippen molar-refractivity contribution in [3.8, 4) is 5.75 Å². The van der Waals surface area contributed by atoms with Crippen LogP contribution in [0.15, 0.2) is 18.2 Å². The largest absolute Gasteiger partial charge is 0.487 e. The summed E-state index contributed by atoms with van der Waals surface area (Å²) in [5.41, 5.74) is 9.86. The van der Waals surface area contributed by atoms with Gasteiger partial charge in [-0.05, 0) is 25.0 Å². The summed E-state index contributed by atoms with van der Waals surface area (Å²) in [6, 6.07) is 3.69. The van der Waals surface area contributed by atoms with Gasteiger partial charge >= 0.3 is 0 Å². The van der Waals surface area contributed by atoms with Crippen molar-refractivity contribution >= 4 is 5.91 Å². The number of rotatable bonds is 3. The molecule has 2 rings (SSSR count). The fraction of sp³-hybridized carbons (Fsp3) is 0.417. The first kappa shape index (κ1) is 12.8. The van der Waals surface area contributed by atoms with Crippen LogP contribution in [0.5, 0.6) is 5.75 Å². The molecular formula is C12H14F2N2O2. The third-order valence-corrected chi connectivity index (χ3v) is 3.20. The van der Waals surface area contributed by atoms with Crippen LogP contribution in [-0.2, 0) is 4.79 Å². The molecule has 0 aliphatic heterocycles. The van der Waals surface area contributed by atoms with Gasteiger partial charge in [-0.3, -0.25) is 4.79 Å². The normalized spacial score (nSPS) is 27.2. The van der Waals surface area contributed by atoms with Gasteiger partial charge in [0.25, 0.3) is 0 Å². The fourth-order valence-electron chi connectivity index (χ4n) is 2.11. The molecule has 1 aromatic carbocycles. The number of carbonyl (C=O) groups is 1. The minimum atomic E-state index is -1.12. The molecular weight excluding hydrogens is 242 g/mol. The van der Waals surface area contributed by atoms with Gasteiger partial charge in [0.2, 0.25) is 11.7 Å². The van der Waals surface area contributed by atoms with Crippen LogP contribution >= 0.6 is 0 Å². The Morgan fingerprint density at radius 3 is 2.78 bits per heavy atom. The Hall–Kier alpha value is -1.69. The number of carbonyl (C=O) groups excluding carboxylic acids is 1. The third-order valence-electron chi connectivity index (χ3n) is 3.20. The maximum atomic E-state index is 13.4. The Morgan fingerprint density at radius 1 is 1.44 bits per heavy atom. The first-order chi connectivity index (χ1) is 8.42. The zero-order chi connectivity index (χ0) is 13.3. The van der Waals surface area contributed by atoms with Crippen LogP contribution in [0.1, 0.15) is 19.3 Å². The molecule has 4 N–H and O–H groups in total. The molecule has 1 amide bonds. The van der Waals surface area contributed by atoms with E-state index in [4.69, 9.17) is 16.2 Å². The van der Waals surface area contributed by atoms with Gasteiger partial charge in [0, 0.05) is 6.42 Å². The first-order valence-corrected chi connectivity index (χ1v) is 5.62. The summed E-state index contributed by atoms with van der Waals surface area (Å²) < 4.78 is 31.7. The van der Waals surface area contributed by atoms with Crippen LogP contribution in [0.4, 0.5) is 8.78 Å². The van der Waals surface area contributed by atoms with Crippen molar-refractivity contribution in [2.75, 3.05) is 0 Å². The van der Waals surface area contributed by atoms with E-state index in [2.05, 4.69) is 0 Å². The molecule has 1 aromatic rings. The Labute approximate surface area is 103 Å². The van der Waals surface area contributed by atoms with Gasteiger partial charge in [-0.15, -0.1) is 0 Å². The summed E-state index contributed by atoms with van der Waals surface area (Å²) in [6.45, 7) is 0. The van der Waals surface area contributed by atoms with Crippen LogP contribution in [0.25, 0.3) is 0 Å². The lowest BCUT2D eigenvalue weighted by atomic mass is 9.99. The zero-order valence-electron chi connectivity index (χ0n) is 9.66. The highest BCUT2D eigenvalue weighted by Gasteiger charge is 2.41. The van der Waals surface area contributed by atoms with Crippen molar-refractivity contribution in [3.63, 3.8) is 0 Å². The Bertz CT molecular complexity index is 481. The highest BCUT2D eigenvalue weighted by Crippen LogP contribution is 2.32. The number of nitrogens with two attached hydrogens (primary N) is 2. The predicted molar refractivity (Wildman–Crippen MR) is 60.7 cm³/mol. The van der Waals surface area contributed by atoms with E-state index in [1.807, 2.05) is 0 Å². The van der Waals surface area contributed by atoms with Crippen molar-refractivity contribution in [1.29, 1.82) is 0 Å². The number of hydrogen-bond donors (Lipinski definition) is 2. The van der Waals surface area contributed by atoms with E-state index in [1.165, 1.54) is 12.1 Å². The molecule has 2 atom stereocenters. The second-order valence-electron chi connectivity index (χ2n) is 4.56. The number of halogens is 2. The van der Waals surface area contributed by atoms with Crippen LogP contribution < -0.4 is 16.2 Å². The van der Waals surface area contributed by atoms with Crippen LogP contribution in [0.2, 0.25) is 0 Å². The monoisotopic (exact) mass is 256 g/mol. The molecule has 0 radical (unpaired) electrons. The van der Waals surface area contributed by atoms with E-state index in [-0.39, 0.29) is 12.2 Å². The molecule has 0 aromatic heterocycles. The smallest absolute Gasteiger partial charge is 0.237 e. The molecule has 0 bridgehead atoms. The summed E-state index contributed by atoms with van der Waals surface area (Å²) >= 11 is 0. The van der Waals surface area contributed by atoms with Crippen LogP contribution in [0, 0.1) is 11.6 Å². The second-order valence-corrected chi connectivity index (χ2v) is 4.56. The minimum Gasteiger partial charge on any atom is -0.487 e. The maximum Gasteiger partial charge on any atom is 0.237 e. The average molecular weight is 256 g/mol. The van der Waals surface area contributed by atoms with Crippen molar-refractivity contribution < 1.29 is 18.3 Å². The van der Waals surface area contributed by atoms with E-state index in [1.54, 1.807) is 0 Å². The van der Waals surface area contributed by atoms with E-state index < -0.39 is 29.2 Å². The second kappa shape index (κ2) is 4.53. The molecule has 6 heteroatoms. The lowest BCUT2D eigenvalue weighted by molar-refractivity contribution is -0.123. The summed E-state index contributed by atoms with van der Waals surface area (Å²) in [5.74, 6) is -2.78. The lowest BCUT2D eigenvalue weighted by Crippen LogP contribution is -2.50. The van der Waals surface area contributed by atoms with Gasteiger partial charge in [-0.25, -0.2) is 4.39 Å².